The number of hydrogen-bond acceptors (Lipinski definition) is 3. The number of carbonyl (C=O) groups is 1. The molecule has 2 aromatic rings. The van der Waals surface area contributed by atoms with Crippen LogP contribution in [0.25, 0.3) is 10.8 Å². The summed E-state index contributed by atoms with van der Waals surface area (Å²) in [5.74, 6) is -0.491. The van der Waals surface area contributed by atoms with Gasteiger partial charge >= 0.3 is 0 Å². The third-order valence-electron chi connectivity index (χ3n) is 2.29. The number of fused-ring (bicyclic) bond motifs is 1. The molecule has 0 aliphatic carbocycles. The van der Waals surface area contributed by atoms with Crippen molar-refractivity contribution in [3.8, 4) is 0 Å². The second-order valence-corrected chi connectivity index (χ2v) is 3.64. The van der Waals surface area contributed by atoms with Crippen LogP contribution in [0, 0.1) is 0 Å². The minimum absolute atomic E-state index is 0.404. The molecule has 0 fully saturated rings. The van der Waals surface area contributed by atoms with Gasteiger partial charge in [-0.15, -0.1) is 0 Å². The number of carbonyl (C=O) groups excluding carboxylic acids is 1. The number of benzene rings is 2. The molecule has 0 aromatic heterocycles. The molecule has 80 valence electrons. The Kier molecular flexibility index (Phi) is 2.88. The molecule has 0 aliphatic rings. The summed E-state index contributed by atoms with van der Waals surface area (Å²) in [6.07, 6.45) is 0. The molecule has 0 saturated carbocycles. The van der Waals surface area contributed by atoms with Crippen molar-refractivity contribution in [2.24, 2.45) is 5.16 Å². The molecule has 0 unspecified atom stereocenters. The van der Waals surface area contributed by atoms with Crippen molar-refractivity contribution < 1.29 is 10.0 Å². The topological polar surface area (TPSA) is 49.7 Å². The molecule has 0 atom stereocenters. The average molecular weight is 234 g/mol. The first kappa shape index (κ1) is 10.6. The molecule has 2 aromatic carbocycles. The molecule has 16 heavy (non-hydrogen) atoms. The van der Waals surface area contributed by atoms with Crippen LogP contribution in [0.3, 0.4) is 0 Å². The third kappa shape index (κ3) is 1.90. The van der Waals surface area contributed by atoms with E-state index in [-0.39, 0.29) is 0 Å². The largest absolute Gasteiger partial charge is 0.410 e. The molecule has 0 radical (unpaired) electrons. The van der Waals surface area contributed by atoms with E-state index < -0.39 is 11.0 Å². The summed E-state index contributed by atoms with van der Waals surface area (Å²) < 4.78 is 0. The molecular weight excluding hydrogens is 226 g/mol. The number of oxime groups is 1. The number of rotatable bonds is 2. The van der Waals surface area contributed by atoms with E-state index in [9.17, 15) is 4.79 Å². The molecule has 0 heterocycles. The predicted molar refractivity (Wildman–Crippen MR) is 63.4 cm³/mol. The van der Waals surface area contributed by atoms with Crippen LogP contribution in [-0.2, 0) is 0 Å². The normalized spacial score (nSPS) is 11.7. The van der Waals surface area contributed by atoms with Gasteiger partial charge < -0.3 is 5.21 Å². The van der Waals surface area contributed by atoms with Gasteiger partial charge in [0.25, 0.3) is 0 Å². The van der Waals surface area contributed by atoms with E-state index in [4.69, 9.17) is 16.8 Å². The van der Waals surface area contributed by atoms with Crippen LogP contribution in [0.15, 0.2) is 47.6 Å². The van der Waals surface area contributed by atoms with E-state index in [1.54, 1.807) is 12.1 Å². The van der Waals surface area contributed by atoms with Crippen molar-refractivity contribution in [3.63, 3.8) is 0 Å². The van der Waals surface area contributed by atoms with Gasteiger partial charge in [-0.1, -0.05) is 53.2 Å². The zero-order valence-electron chi connectivity index (χ0n) is 8.22. The van der Waals surface area contributed by atoms with Crippen LogP contribution in [0.1, 0.15) is 10.4 Å². The van der Waals surface area contributed by atoms with Crippen molar-refractivity contribution in [3.05, 3.63) is 48.0 Å². The maximum absolute atomic E-state index is 11.6. The molecule has 3 nitrogen and oxygen atoms in total. The van der Waals surface area contributed by atoms with E-state index in [2.05, 4.69) is 5.16 Å². The molecular formula is C12H8ClNO2. The van der Waals surface area contributed by atoms with Gasteiger partial charge in [0, 0.05) is 5.56 Å². The molecule has 0 amide bonds. The Morgan fingerprint density at radius 1 is 1.12 bits per heavy atom. The van der Waals surface area contributed by atoms with Crippen LogP contribution in [0.2, 0.25) is 0 Å². The molecule has 0 bridgehead atoms. The van der Waals surface area contributed by atoms with E-state index in [0.29, 0.717) is 5.56 Å². The monoisotopic (exact) mass is 233 g/mol. The maximum atomic E-state index is 11.6. The van der Waals surface area contributed by atoms with Crippen molar-refractivity contribution in [2.45, 2.75) is 0 Å². The lowest BCUT2D eigenvalue weighted by Crippen LogP contribution is -2.07. The van der Waals surface area contributed by atoms with Crippen LogP contribution in [-0.4, -0.2) is 16.2 Å². The molecule has 0 aliphatic heterocycles. The number of halogens is 1. The summed E-state index contributed by atoms with van der Waals surface area (Å²) in [6, 6.07) is 12.8. The molecule has 0 spiro atoms. The highest BCUT2D eigenvalue weighted by Gasteiger charge is 2.12. The Morgan fingerprint density at radius 3 is 2.50 bits per heavy atom. The summed E-state index contributed by atoms with van der Waals surface area (Å²) in [7, 11) is 0. The number of Topliss-reactive ketones (excluding diaryl/α,β-unsaturated/α-hetero) is 1. The number of ketones is 1. The van der Waals surface area contributed by atoms with E-state index >= 15 is 0 Å². The summed E-state index contributed by atoms with van der Waals surface area (Å²) >= 11 is 5.45. The van der Waals surface area contributed by atoms with Crippen LogP contribution in [0.5, 0.6) is 0 Å². The quantitative estimate of drug-likeness (QED) is 0.375. The first-order valence-electron chi connectivity index (χ1n) is 4.63. The van der Waals surface area contributed by atoms with Gasteiger partial charge in [0.05, 0.1) is 0 Å². The van der Waals surface area contributed by atoms with Gasteiger partial charge in [0.2, 0.25) is 11.0 Å². The van der Waals surface area contributed by atoms with Gasteiger partial charge in [-0.05, 0) is 16.8 Å². The Balaban J connectivity index is 2.51. The average Bonchev–Trinajstić information content (AvgIpc) is 2.36. The van der Waals surface area contributed by atoms with Crippen molar-refractivity contribution >= 4 is 33.3 Å². The van der Waals surface area contributed by atoms with E-state index in [1.165, 1.54) is 0 Å². The Morgan fingerprint density at radius 2 is 1.81 bits per heavy atom. The Hall–Kier alpha value is -1.87. The minimum Gasteiger partial charge on any atom is -0.410 e. The smallest absolute Gasteiger partial charge is 0.226 e. The van der Waals surface area contributed by atoms with Crippen molar-refractivity contribution in [1.82, 2.24) is 0 Å². The highest BCUT2D eigenvalue weighted by Crippen LogP contribution is 2.16. The molecule has 0 saturated heterocycles. The fraction of sp³-hybridized carbons (Fsp3) is 0. The molecule has 4 heteroatoms. The second kappa shape index (κ2) is 4.33. The highest BCUT2D eigenvalue weighted by atomic mass is 35.5. The van der Waals surface area contributed by atoms with E-state index in [1.807, 2.05) is 30.3 Å². The van der Waals surface area contributed by atoms with Crippen molar-refractivity contribution in [2.75, 3.05) is 0 Å². The number of hydrogen-bond donors (Lipinski definition) is 1. The zero-order valence-corrected chi connectivity index (χ0v) is 8.98. The summed E-state index contributed by atoms with van der Waals surface area (Å²) in [4.78, 5) is 11.6. The second-order valence-electron chi connectivity index (χ2n) is 3.28. The Labute approximate surface area is 97.0 Å². The highest BCUT2D eigenvalue weighted by molar-refractivity contribution is 6.84. The van der Waals surface area contributed by atoms with Crippen LogP contribution in [0.4, 0.5) is 0 Å². The summed E-state index contributed by atoms with van der Waals surface area (Å²) in [5.41, 5.74) is 0.404. The van der Waals surface area contributed by atoms with Crippen molar-refractivity contribution in [1.29, 1.82) is 0 Å². The standard InChI is InChI=1S/C12H8ClNO2/c13-12(14-16)11(15)10-6-5-8-3-1-2-4-9(8)7-10/h1-7,16H. The van der Waals surface area contributed by atoms with Gasteiger partial charge in [-0.3, -0.25) is 4.79 Å². The fourth-order valence-corrected chi connectivity index (χ4v) is 1.60. The zero-order chi connectivity index (χ0) is 11.5. The lowest BCUT2D eigenvalue weighted by atomic mass is 10.0. The van der Waals surface area contributed by atoms with Gasteiger partial charge in [-0.25, -0.2) is 0 Å². The van der Waals surface area contributed by atoms with Gasteiger partial charge in [0.1, 0.15) is 0 Å². The molecule has 1 N–H and O–H groups in total. The third-order valence-corrected chi connectivity index (χ3v) is 2.53. The van der Waals surface area contributed by atoms with Crippen LogP contribution >= 0.6 is 11.6 Å². The van der Waals surface area contributed by atoms with Gasteiger partial charge in [-0.2, -0.15) is 0 Å². The summed E-state index contributed by atoms with van der Waals surface area (Å²) in [6.45, 7) is 0. The SMILES string of the molecule is O=C(C(Cl)=NO)c1ccc2ccccc2c1. The molecule has 2 rings (SSSR count). The fourth-order valence-electron chi connectivity index (χ4n) is 1.50. The number of nitrogens with zero attached hydrogens (tertiary/aromatic N) is 1. The lowest BCUT2D eigenvalue weighted by Gasteiger charge is -2.00. The van der Waals surface area contributed by atoms with E-state index in [0.717, 1.165) is 10.8 Å². The first-order chi connectivity index (χ1) is 7.72. The predicted octanol–water partition coefficient (Wildman–Crippen LogP) is 3.05. The Bertz CT molecular complexity index is 578. The summed E-state index contributed by atoms with van der Waals surface area (Å²) in [5, 5.41) is 12.6. The maximum Gasteiger partial charge on any atom is 0.226 e. The lowest BCUT2D eigenvalue weighted by molar-refractivity contribution is 0.106. The first-order valence-corrected chi connectivity index (χ1v) is 5.01. The minimum atomic E-state index is -0.491. The van der Waals surface area contributed by atoms with Crippen LogP contribution < -0.4 is 0 Å². The van der Waals surface area contributed by atoms with Gasteiger partial charge in [0.15, 0.2) is 0 Å².